The van der Waals surface area contributed by atoms with Crippen molar-refractivity contribution in [2.45, 2.75) is 44.0 Å². The van der Waals surface area contributed by atoms with Gasteiger partial charge in [-0.2, -0.15) is 0 Å². The Hall–Kier alpha value is -1.11. The maximum atomic E-state index is 12.2. The monoisotopic (exact) mass is 326 g/mol. The lowest BCUT2D eigenvalue weighted by atomic mass is 10.1. The largest absolute Gasteiger partial charge is 0.494 e. The van der Waals surface area contributed by atoms with E-state index in [1.165, 1.54) is 0 Å². The van der Waals surface area contributed by atoms with Crippen molar-refractivity contribution in [2.24, 2.45) is 17.6 Å². The van der Waals surface area contributed by atoms with Crippen LogP contribution in [0.1, 0.15) is 33.1 Å². The number of nitrogens with two attached hydrogens (primary N) is 1. The Bertz CT molecular complexity index is 566. The van der Waals surface area contributed by atoms with E-state index in [1.807, 2.05) is 0 Å². The van der Waals surface area contributed by atoms with E-state index < -0.39 is 10.0 Å². The Morgan fingerprint density at radius 3 is 2.45 bits per heavy atom. The van der Waals surface area contributed by atoms with E-state index in [9.17, 15) is 8.42 Å². The molecule has 1 saturated carbocycles. The molecule has 0 bridgehead atoms. The highest BCUT2D eigenvalue weighted by molar-refractivity contribution is 7.89. The second-order valence-corrected chi connectivity index (χ2v) is 8.12. The number of rotatable bonds is 9. The smallest absolute Gasteiger partial charge is 0.240 e. The molecule has 1 fully saturated rings. The molecular formula is C16H26N2O3S. The zero-order valence-corrected chi connectivity index (χ0v) is 14.1. The second kappa shape index (κ2) is 7.44. The summed E-state index contributed by atoms with van der Waals surface area (Å²) in [4.78, 5) is 0.242. The van der Waals surface area contributed by atoms with Crippen molar-refractivity contribution in [3.05, 3.63) is 24.3 Å². The zero-order chi connectivity index (χ0) is 16.2. The first-order valence-corrected chi connectivity index (χ1v) is 9.35. The summed E-state index contributed by atoms with van der Waals surface area (Å²) in [6.07, 6.45) is 3.18. The van der Waals surface area contributed by atoms with Crippen molar-refractivity contribution >= 4 is 10.0 Å². The van der Waals surface area contributed by atoms with Crippen LogP contribution in [0.4, 0.5) is 0 Å². The van der Waals surface area contributed by atoms with Crippen LogP contribution in [0.25, 0.3) is 0 Å². The fraction of sp³-hybridized carbons (Fsp3) is 0.625. The van der Waals surface area contributed by atoms with Gasteiger partial charge in [0, 0.05) is 12.6 Å². The molecule has 1 unspecified atom stereocenters. The van der Waals surface area contributed by atoms with E-state index >= 15 is 0 Å². The predicted molar refractivity (Wildman–Crippen MR) is 87.3 cm³/mol. The van der Waals surface area contributed by atoms with E-state index in [4.69, 9.17) is 10.5 Å². The first-order valence-electron chi connectivity index (χ1n) is 7.86. The van der Waals surface area contributed by atoms with Gasteiger partial charge in [-0.25, -0.2) is 13.1 Å². The average molecular weight is 326 g/mol. The van der Waals surface area contributed by atoms with Gasteiger partial charge in [0.1, 0.15) is 5.75 Å². The number of nitrogens with one attached hydrogen (secondary N) is 1. The molecule has 0 aromatic heterocycles. The summed E-state index contributed by atoms with van der Waals surface area (Å²) in [5, 5.41) is 0. The molecule has 0 amide bonds. The van der Waals surface area contributed by atoms with Crippen LogP contribution in [-0.2, 0) is 10.0 Å². The molecule has 0 aliphatic heterocycles. The van der Waals surface area contributed by atoms with Crippen LogP contribution in [0.15, 0.2) is 29.2 Å². The van der Waals surface area contributed by atoms with Crippen molar-refractivity contribution in [2.75, 3.05) is 13.2 Å². The molecule has 0 heterocycles. The third kappa shape index (κ3) is 5.26. The summed E-state index contributed by atoms with van der Waals surface area (Å²) < 4.78 is 32.5. The molecule has 124 valence electrons. The van der Waals surface area contributed by atoms with Crippen LogP contribution in [0.5, 0.6) is 5.75 Å². The number of ether oxygens (including phenoxy) is 1. The maximum Gasteiger partial charge on any atom is 0.240 e. The van der Waals surface area contributed by atoms with Gasteiger partial charge in [-0.15, -0.1) is 0 Å². The van der Waals surface area contributed by atoms with Gasteiger partial charge in [-0.1, -0.05) is 13.8 Å². The van der Waals surface area contributed by atoms with Gasteiger partial charge in [0.25, 0.3) is 0 Å². The highest BCUT2D eigenvalue weighted by Gasteiger charge is 2.29. The van der Waals surface area contributed by atoms with Crippen molar-refractivity contribution in [1.29, 1.82) is 0 Å². The normalized spacial score (nSPS) is 16.7. The van der Waals surface area contributed by atoms with E-state index in [0.717, 1.165) is 19.3 Å². The molecule has 1 aliphatic rings. The van der Waals surface area contributed by atoms with Crippen molar-refractivity contribution < 1.29 is 13.2 Å². The highest BCUT2D eigenvalue weighted by Crippen LogP contribution is 2.31. The lowest BCUT2D eigenvalue weighted by Crippen LogP contribution is -2.38. The Morgan fingerprint density at radius 2 is 1.91 bits per heavy atom. The van der Waals surface area contributed by atoms with Crippen LogP contribution in [0.2, 0.25) is 0 Å². The van der Waals surface area contributed by atoms with Gasteiger partial charge >= 0.3 is 0 Å². The molecule has 2 rings (SSSR count). The third-order valence-corrected chi connectivity index (χ3v) is 5.27. The molecule has 3 N–H and O–H groups in total. The first-order chi connectivity index (χ1) is 10.4. The summed E-state index contributed by atoms with van der Waals surface area (Å²) in [5.74, 6) is 1.74. The quantitative estimate of drug-likeness (QED) is 0.728. The molecule has 22 heavy (non-hydrogen) atoms. The van der Waals surface area contributed by atoms with Gasteiger partial charge in [-0.3, -0.25) is 0 Å². The summed E-state index contributed by atoms with van der Waals surface area (Å²) in [7, 11) is -3.50. The van der Waals surface area contributed by atoms with Gasteiger partial charge in [-0.05, 0) is 55.4 Å². The van der Waals surface area contributed by atoms with Crippen LogP contribution in [0.3, 0.4) is 0 Å². The van der Waals surface area contributed by atoms with Gasteiger partial charge < -0.3 is 10.5 Å². The van der Waals surface area contributed by atoms with E-state index in [-0.39, 0.29) is 10.9 Å². The topological polar surface area (TPSA) is 81.4 Å². The molecule has 0 saturated heterocycles. The summed E-state index contributed by atoms with van der Waals surface area (Å²) >= 11 is 0. The Labute approximate surface area is 133 Å². The van der Waals surface area contributed by atoms with Crippen molar-refractivity contribution in [3.63, 3.8) is 0 Å². The maximum absolute atomic E-state index is 12.2. The lowest BCUT2D eigenvalue weighted by molar-refractivity contribution is 0.289. The standard InChI is InChI=1S/C16H26N2O3S/c1-12(2)9-10-21-14-5-7-15(8-6-14)22(19,20)18-11-16(17)13-3-4-13/h5-8,12-13,16,18H,3-4,9-11,17H2,1-2H3. The van der Waals surface area contributed by atoms with Gasteiger partial charge in [0.05, 0.1) is 11.5 Å². The third-order valence-electron chi connectivity index (χ3n) is 3.83. The summed E-state index contributed by atoms with van der Waals surface area (Å²) in [6, 6.07) is 6.42. The number of hydrogen-bond donors (Lipinski definition) is 2. The minimum atomic E-state index is -3.50. The number of hydrogen-bond acceptors (Lipinski definition) is 4. The molecule has 1 aliphatic carbocycles. The van der Waals surface area contributed by atoms with E-state index in [2.05, 4.69) is 18.6 Å². The fourth-order valence-electron chi connectivity index (χ4n) is 2.11. The number of benzene rings is 1. The Kier molecular flexibility index (Phi) is 5.83. The molecule has 0 radical (unpaired) electrons. The Balaban J connectivity index is 1.87. The lowest BCUT2D eigenvalue weighted by Gasteiger charge is -2.13. The molecular weight excluding hydrogens is 300 g/mol. The van der Waals surface area contributed by atoms with Crippen LogP contribution < -0.4 is 15.2 Å². The summed E-state index contributed by atoms with van der Waals surface area (Å²) in [6.45, 7) is 5.20. The number of sulfonamides is 1. The van der Waals surface area contributed by atoms with Crippen LogP contribution in [0, 0.1) is 11.8 Å². The molecule has 1 aromatic rings. The molecule has 1 atom stereocenters. The molecule has 5 nitrogen and oxygen atoms in total. The SMILES string of the molecule is CC(C)CCOc1ccc(S(=O)(=O)NCC(N)C2CC2)cc1. The van der Waals surface area contributed by atoms with Gasteiger partial charge in [0.15, 0.2) is 0 Å². The fourth-order valence-corrected chi connectivity index (χ4v) is 3.18. The predicted octanol–water partition coefficient (Wildman–Crippen LogP) is 2.13. The minimum absolute atomic E-state index is 0.0894. The van der Waals surface area contributed by atoms with E-state index in [1.54, 1.807) is 24.3 Å². The molecule has 0 spiro atoms. The van der Waals surface area contributed by atoms with Crippen molar-refractivity contribution in [3.8, 4) is 5.75 Å². The van der Waals surface area contributed by atoms with E-state index in [0.29, 0.717) is 30.7 Å². The second-order valence-electron chi connectivity index (χ2n) is 6.36. The first kappa shape index (κ1) is 17.2. The zero-order valence-electron chi connectivity index (χ0n) is 13.3. The minimum Gasteiger partial charge on any atom is -0.494 e. The van der Waals surface area contributed by atoms with Crippen LogP contribution >= 0.6 is 0 Å². The highest BCUT2D eigenvalue weighted by atomic mass is 32.2. The molecule has 6 heteroatoms. The molecule has 1 aromatic carbocycles. The average Bonchev–Trinajstić information content (AvgIpc) is 3.30. The Morgan fingerprint density at radius 1 is 1.27 bits per heavy atom. The van der Waals surface area contributed by atoms with Crippen LogP contribution in [-0.4, -0.2) is 27.6 Å². The van der Waals surface area contributed by atoms with Crippen molar-refractivity contribution in [1.82, 2.24) is 4.72 Å². The van der Waals surface area contributed by atoms with Gasteiger partial charge in [0.2, 0.25) is 10.0 Å². The summed E-state index contributed by atoms with van der Waals surface area (Å²) in [5.41, 5.74) is 5.92.